The highest BCUT2D eigenvalue weighted by molar-refractivity contribution is 6.31. The lowest BCUT2D eigenvalue weighted by Crippen LogP contribution is -2.22. The molecule has 0 heterocycles. The van der Waals surface area contributed by atoms with Gasteiger partial charge in [0.05, 0.1) is 19.3 Å². The van der Waals surface area contributed by atoms with Gasteiger partial charge in [0.15, 0.2) is 0 Å². The molecule has 0 fully saturated rings. The van der Waals surface area contributed by atoms with Gasteiger partial charge in [0.25, 0.3) is 0 Å². The second-order valence-corrected chi connectivity index (χ2v) is 6.01. The predicted octanol–water partition coefficient (Wildman–Crippen LogP) is 4.67. The molecule has 0 saturated heterocycles. The number of nitrogens with one attached hydrogen (secondary N) is 2. The van der Waals surface area contributed by atoms with Crippen LogP contribution in [-0.2, 0) is 4.79 Å². The summed E-state index contributed by atoms with van der Waals surface area (Å²) < 4.78 is 5.24. The van der Waals surface area contributed by atoms with Gasteiger partial charge in [-0.3, -0.25) is 4.79 Å². The fraction of sp³-hybridized carbons (Fsp3) is 0.235. The zero-order valence-electron chi connectivity index (χ0n) is 13.2. The fourth-order valence-electron chi connectivity index (χ4n) is 2.08. The second kappa shape index (κ2) is 7.57. The molecule has 2 N–H and O–H groups in total. The van der Waals surface area contributed by atoms with Crippen molar-refractivity contribution in [2.75, 3.05) is 24.3 Å². The molecule has 0 aliphatic heterocycles. The van der Waals surface area contributed by atoms with Crippen molar-refractivity contribution in [3.63, 3.8) is 0 Å². The Morgan fingerprint density at radius 3 is 2.52 bits per heavy atom. The molecule has 6 heteroatoms. The number of hydrogen-bond acceptors (Lipinski definition) is 3. The summed E-state index contributed by atoms with van der Waals surface area (Å²) in [6.45, 7) is 3.93. The largest absolute Gasteiger partial charge is 0.495 e. The summed E-state index contributed by atoms with van der Waals surface area (Å²) in [6, 6.07) is 8.96. The van der Waals surface area contributed by atoms with Crippen LogP contribution in [0.4, 0.5) is 11.4 Å². The minimum absolute atomic E-state index is 0.117. The molecule has 0 unspecified atom stereocenters. The molecular formula is C17H18Cl2N2O2. The van der Waals surface area contributed by atoms with E-state index in [-0.39, 0.29) is 12.5 Å². The van der Waals surface area contributed by atoms with Crippen LogP contribution in [-0.4, -0.2) is 19.6 Å². The molecule has 1 amide bonds. The first-order chi connectivity index (χ1) is 10.9. The van der Waals surface area contributed by atoms with Crippen LogP contribution in [0.3, 0.4) is 0 Å². The van der Waals surface area contributed by atoms with Gasteiger partial charge in [-0.1, -0.05) is 29.3 Å². The number of hydrogen-bond donors (Lipinski definition) is 2. The van der Waals surface area contributed by atoms with Crippen LogP contribution in [0.2, 0.25) is 10.0 Å². The van der Waals surface area contributed by atoms with E-state index < -0.39 is 0 Å². The Bertz CT molecular complexity index is 733. The zero-order valence-corrected chi connectivity index (χ0v) is 14.7. The summed E-state index contributed by atoms with van der Waals surface area (Å²) in [5.74, 6) is 0.331. The lowest BCUT2D eigenvalue weighted by atomic mass is 10.2. The van der Waals surface area contributed by atoms with Gasteiger partial charge in [0.2, 0.25) is 5.91 Å². The number of halogens is 2. The third-order valence-corrected chi connectivity index (χ3v) is 4.04. The van der Waals surface area contributed by atoms with Crippen molar-refractivity contribution >= 4 is 40.5 Å². The van der Waals surface area contributed by atoms with Gasteiger partial charge in [-0.2, -0.15) is 0 Å². The van der Waals surface area contributed by atoms with Crippen LogP contribution < -0.4 is 15.4 Å². The number of anilines is 2. The number of ether oxygens (including phenoxy) is 1. The highest BCUT2D eigenvalue weighted by Gasteiger charge is 2.10. The van der Waals surface area contributed by atoms with Crippen LogP contribution in [0.25, 0.3) is 0 Å². The number of amides is 1. The Morgan fingerprint density at radius 1 is 1.09 bits per heavy atom. The highest BCUT2D eigenvalue weighted by atomic mass is 35.5. The molecule has 122 valence electrons. The normalized spacial score (nSPS) is 10.3. The molecule has 2 aromatic rings. The van der Waals surface area contributed by atoms with E-state index in [0.29, 0.717) is 21.5 Å². The Labute approximate surface area is 145 Å². The van der Waals surface area contributed by atoms with E-state index in [1.807, 2.05) is 26.0 Å². The minimum atomic E-state index is -0.190. The lowest BCUT2D eigenvalue weighted by molar-refractivity contribution is -0.114. The first kappa shape index (κ1) is 17.4. The van der Waals surface area contributed by atoms with Gasteiger partial charge in [0.1, 0.15) is 5.75 Å². The number of rotatable bonds is 5. The maximum atomic E-state index is 12.2. The SMILES string of the molecule is COc1cc(Cl)c(C)cc1NC(=O)CNc1cc(Cl)ccc1C. The number of carbonyl (C=O) groups excluding carboxylic acids is 1. The maximum absolute atomic E-state index is 12.2. The molecule has 0 aliphatic carbocycles. The van der Waals surface area contributed by atoms with Crippen molar-refractivity contribution in [2.45, 2.75) is 13.8 Å². The Morgan fingerprint density at radius 2 is 1.83 bits per heavy atom. The third kappa shape index (κ3) is 4.53. The summed E-state index contributed by atoms with van der Waals surface area (Å²) in [5, 5.41) is 7.10. The van der Waals surface area contributed by atoms with Crippen molar-refractivity contribution < 1.29 is 9.53 Å². The average molecular weight is 353 g/mol. The summed E-state index contributed by atoms with van der Waals surface area (Å²) >= 11 is 12.0. The number of benzene rings is 2. The lowest BCUT2D eigenvalue weighted by Gasteiger charge is -2.13. The summed E-state index contributed by atoms with van der Waals surface area (Å²) in [7, 11) is 1.53. The molecule has 2 rings (SSSR count). The second-order valence-electron chi connectivity index (χ2n) is 5.16. The zero-order chi connectivity index (χ0) is 17.0. The van der Waals surface area contributed by atoms with E-state index in [9.17, 15) is 4.79 Å². The average Bonchev–Trinajstić information content (AvgIpc) is 2.51. The summed E-state index contributed by atoms with van der Waals surface area (Å²) in [6.07, 6.45) is 0. The van der Waals surface area contributed by atoms with E-state index in [2.05, 4.69) is 10.6 Å². The number of aryl methyl sites for hydroxylation is 2. The first-order valence-electron chi connectivity index (χ1n) is 7.04. The molecule has 0 aromatic heterocycles. The van der Waals surface area contributed by atoms with Gasteiger partial charge in [-0.15, -0.1) is 0 Å². The van der Waals surface area contributed by atoms with Crippen molar-refractivity contribution in [1.29, 1.82) is 0 Å². The Hall–Kier alpha value is -1.91. The molecule has 0 atom stereocenters. The van der Waals surface area contributed by atoms with E-state index in [1.165, 1.54) is 7.11 Å². The van der Waals surface area contributed by atoms with Crippen molar-refractivity contribution in [3.05, 3.63) is 51.5 Å². The maximum Gasteiger partial charge on any atom is 0.243 e. The van der Waals surface area contributed by atoms with Gasteiger partial charge in [-0.05, 0) is 43.2 Å². The van der Waals surface area contributed by atoms with E-state index in [0.717, 1.165) is 16.8 Å². The highest BCUT2D eigenvalue weighted by Crippen LogP contribution is 2.30. The predicted molar refractivity (Wildman–Crippen MR) is 96.0 cm³/mol. The Kier molecular flexibility index (Phi) is 5.74. The van der Waals surface area contributed by atoms with Crippen LogP contribution in [0.15, 0.2) is 30.3 Å². The van der Waals surface area contributed by atoms with Crippen LogP contribution in [0.5, 0.6) is 5.75 Å². The van der Waals surface area contributed by atoms with Crippen molar-refractivity contribution in [3.8, 4) is 5.75 Å². The molecule has 23 heavy (non-hydrogen) atoms. The van der Waals surface area contributed by atoms with E-state index in [4.69, 9.17) is 27.9 Å². The molecular weight excluding hydrogens is 335 g/mol. The van der Waals surface area contributed by atoms with Crippen LogP contribution in [0.1, 0.15) is 11.1 Å². The topological polar surface area (TPSA) is 50.4 Å². The molecule has 0 aliphatic rings. The third-order valence-electron chi connectivity index (χ3n) is 3.39. The molecule has 0 bridgehead atoms. The molecule has 0 saturated carbocycles. The smallest absolute Gasteiger partial charge is 0.243 e. The van der Waals surface area contributed by atoms with E-state index >= 15 is 0 Å². The van der Waals surface area contributed by atoms with Gasteiger partial charge < -0.3 is 15.4 Å². The van der Waals surface area contributed by atoms with Crippen LogP contribution in [0, 0.1) is 13.8 Å². The Balaban J connectivity index is 2.05. The van der Waals surface area contributed by atoms with Crippen molar-refractivity contribution in [1.82, 2.24) is 0 Å². The van der Waals surface area contributed by atoms with Gasteiger partial charge >= 0.3 is 0 Å². The van der Waals surface area contributed by atoms with Crippen molar-refractivity contribution in [2.24, 2.45) is 0 Å². The molecule has 4 nitrogen and oxygen atoms in total. The minimum Gasteiger partial charge on any atom is -0.495 e. The standard InChI is InChI=1S/C17H18Cl2N2O2/c1-10-4-5-12(18)7-14(10)20-9-17(22)21-15-6-11(2)13(19)8-16(15)23-3/h4-8,20H,9H2,1-3H3,(H,21,22). The monoisotopic (exact) mass is 352 g/mol. The van der Waals surface area contributed by atoms with Gasteiger partial charge in [0, 0.05) is 21.8 Å². The molecule has 0 spiro atoms. The van der Waals surface area contributed by atoms with E-state index in [1.54, 1.807) is 18.2 Å². The number of methoxy groups -OCH3 is 1. The van der Waals surface area contributed by atoms with Gasteiger partial charge in [-0.25, -0.2) is 0 Å². The molecule has 0 radical (unpaired) electrons. The molecule has 2 aromatic carbocycles. The summed E-state index contributed by atoms with van der Waals surface area (Å²) in [5.41, 5.74) is 3.29. The summed E-state index contributed by atoms with van der Waals surface area (Å²) in [4.78, 5) is 12.2. The van der Waals surface area contributed by atoms with Crippen LogP contribution >= 0.6 is 23.2 Å². The first-order valence-corrected chi connectivity index (χ1v) is 7.80. The quantitative estimate of drug-likeness (QED) is 0.821. The fourth-order valence-corrected chi connectivity index (χ4v) is 2.41. The number of carbonyl (C=O) groups is 1.